The van der Waals surface area contributed by atoms with E-state index in [0.717, 1.165) is 0 Å². The second-order valence-corrected chi connectivity index (χ2v) is 25.6. The molecule has 8 aliphatic rings. The van der Waals surface area contributed by atoms with Gasteiger partial charge in [-0.15, -0.1) is 0 Å². The first kappa shape index (κ1) is 66.1. The molecule has 25 heteroatoms. The monoisotopic (exact) mass is 1360 g/mol. The lowest BCUT2D eigenvalue weighted by molar-refractivity contribution is 0.00211. The molecule has 0 aromatic heterocycles. The van der Waals surface area contributed by atoms with Crippen LogP contribution >= 0.6 is 0 Å². The van der Waals surface area contributed by atoms with Gasteiger partial charge in [0.1, 0.15) is 0 Å². The smallest absolute Gasteiger partial charge is 0.346 e. The highest BCUT2D eigenvalue weighted by atomic mass is 16.6. The van der Waals surface area contributed by atoms with E-state index in [1.807, 2.05) is 55.4 Å². The number of carbonyl (C=O) groups excluding carboxylic acids is 16. The van der Waals surface area contributed by atoms with Gasteiger partial charge in [-0.2, -0.15) is 10.0 Å². The summed E-state index contributed by atoms with van der Waals surface area (Å²) in [6.45, 7) is 15.2. The maximum atomic E-state index is 14.2. The van der Waals surface area contributed by atoms with Crippen molar-refractivity contribution in [3.05, 3.63) is 186 Å². The van der Waals surface area contributed by atoms with E-state index in [-0.39, 0.29) is 124 Å². The predicted molar refractivity (Wildman–Crippen MR) is 361 cm³/mol. The lowest BCUT2D eigenvalue weighted by atomic mass is 9.84. The molecule has 0 saturated carbocycles. The van der Waals surface area contributed by atoms with Crippen LogP contribution in [0.1, 0.15) is 272 Å². The van der Waals surface area contributed by atoms with Gasteiger partial charge >= 0.3 is 11.9 Å². The van der Waals surface area contributed by atoms with Gasteiger partial charge in [-0.1, -0.05) is 55.4 Å². The lowest BCUT2D eigenvalue weighted by Crippen LogP contribution is -2.58. The van der Waals surface area contributed by atoms with Crippen LogP contribution in [0.2, 0.25) is 0 Å². The fraction of sp³-hybridized carbons (Fsp3) is 0.263. The Hall–Kier alpha value is -12.1. The number of hydrogen-bond acceptors (Lipinski definition) is 18. The van der Waals surface area contributed by atoms with Gasteiger partial charge in [-0.05, 0) is 148 Å². The van der Waals surface area contributed by atoms with Gasteiger partial charge in [0.25, 0.3) is 82.7 Å². The molecular formula is C76H62N8O17. The van der Waals surface area contributed by atoms with Gasteiger partial charge in [0, 0.05) is 112 Å². The third kappa shape index (κ3) is 9.03. The summed E-state index contributed by atoms with van der Waals surface area (Å²) in [6, 6.07) is 22.2. The van der Waals surface area contributed by atoms with Crippen molar-refractivity contribution in [1.29, 1.82) is 0 Å². The Bertz CT molecular complexity index is 4920. The lowest BCUT2D eigenvalue weighted by Gasteiger charge is -2.39. The molecule has 8 heterocycles. The minimum Gasteiger partial charge on any atom is -0.386 e. The summed E-state index contributed by atoms with van der Waals surface area (Å²) in [5, 5.41) is 3.50. The van der Waals surface area contributed by atoms with Crippen LogP contribution in [0.25, 0.3) is 43.1 Å². The van der Waals surface area contributed by atoms with Crippen molar-refractivity contribution in [1.82, 2.24) is 34.6 Å². The predicted octanol–water partition coefficient (Wildman–Crippen LogP) is 10.4. The van der Waals surface area contributed by atoms with E-state index >= 15 is 0 Å². The zero-order valence-electron chi connectivity index (χ0n) is 55.9. The van der Waals surface area contributed by atoms with E-state index < -0.39 is 82.8 Å². The number of rotatable bonds is 13. The summed E-state index contributed by atoms with van der Waals surface area (Å²) >= 11 is 0. The van der Waals surface area contributed by atoms with Gasteiger partial charge in [-0.3, -0.25) is 86.7 Å². The summed E-state index contributed by atoms with van der Waals surface area (Å²) in [5.41, 5.74) is 2.62. The van der Waals surface area contributed by atoms with Crippen molar-refractivity contribution < 1.29 is 81.4 Å². The average molecular weight is 1360 g/mol. The quantitative estimate of drug-likeness (QED) is 0.0368. The number of benzene rings is 8. The molecule has 0 atom stereocenters. The molecule has 0 bridgehead atoms. The number of hydrazine groups is 2. The molecule has 0 radical (unpaired) electrons. The Kier molecular flexibility index (Phi) is 15.8. The van der Waals surface area contributed by atoms with Gasteiger partial charge < -0.3 is 4.74 Å². The van der Waals surface area contributed by atoms with Crippen LogP contribution in [0.15, 0.2) is 97.1 Å². The van der Waals surface area contributed by atoms with Crippen molar-refractivity contribution in [2.45, 2.75) is 131 Å². The molecule has 16 rings (SSSR count). The summed E-state index contributed by atoms with van der Waals surface area (Å²) in [4.78, 5) is 217. The second-order valence-electron chi connectivity index (χ2n) is 25.6. The van der Waals surface area contributed by atoms with Crippen LogP contribution in [0.3, 0.4) is 0 Å². The Labute approximate surface area is 574 Å². The number of amides is 14. The summed E-state index contributed by atoms with van der Waals surface area (Å²) in [6.07, 6.45) is 4.83. The number of hydrogen-bond donors (Lipinski definition) is 1. The van der Waals surface area contributed by atoms with Crippen LogP contribution in [0, 0.1) is 0 Å². The Morgan fingerprint density at radius 1 is 0.228 bits per heavy atom. The zero-order valence-corrected chi connectivity index (χ0v) is 55.9. The third-order valence-electron chi connectivity index (χ3n) is 20.9. The largest absolute Gasteiger partial charge is 0.386 e. The first-order chi connectivity index (χ1) is 48.4. The first-order valence-electron chi connectivity index (χ1n) is 33.5. The van der Waals surface area contributed by atoms with Gasteiger partial charge in [-0.25, -0.2) is 20.4 Å². The third-order valence-corrected chi connectivity index (χ3v) is 20.9. The summed E-state index contributed by atoms with van der Waals surface area (Å²) in [5.74, 6) is -4.87. The molecule has 0 aliphatic carbocycles. The van der Waals surface area contributed by atoms with Crippen molar-refractivity contribution in [2.24, 2.45) is 5.84 Å². The van der Waals surface area contributed by atoms with Gasteiger partial charge in [0.2, 0.25) is 0 Å². The summed E-state index contributed by atoms with van der Waals surface area (Å²) in [7, 11) is 0. The van der Waals surface area contributed by atoms with Crippen LogP contribution in [-0.4, -0.2) is 153 Å². The Morgan fingerprint density at radius 3 is 0.535 bits per heavy atom. The maximum absolute atomic E-state index is 14.2. The number of esters is 2. The average Bonchev–Trinajstić information content (AvgIpc) is 0.716. The van der Waals surface area contributed by atoms with Crippen molar-refractivity contribution >= 4 is 138 Å². The van der Waals surface area contributed by atoms with Gasteiger partial charge in [0.15, 0.2) is 0 Å². The minimum atomic E-state index is -0.990. The van der Waals surface area contributed by atoms with E-state index in [0.29, 0.717) is 110 Å². The first-order valence-corrected chi connectivity index (χ1v) is 33.5. The van der Waals surface area contributed by atoms with E-state index in [4.69, 9.17) is 10.6 Å². The number of cyclic esters (lactones) is 2. The van der Waals surface area contributed by atoms with Crippen LogP contribution in [0.5, 0.6) is 0 Å². The molecule has 0 saturated heterocycles. The molecule has 0 fully saturated rings. The molecule has 0 unspecified atom stereocenters. The number of carbonyl (C=O) groups is 16. The van der Waals surface area contributed by atoms with E-state index in [2.05, 4.69) is 0 Å². The van der Waals surface area contributed by atoms with Crippen molar-refractivity contribution in [2.75, 3.05) is 0 Å². The molecule has 0 spiro atoms. The number of nitrogens with two attached hydrogens (primary N) is 1. The molecule has 101 heavy (non-hydrogen) atoms. The molecule has 14 amide bonds. The van der Waals surface area contributed by atoms with Crippen LogP contribution in [0.4, 0.5) is 0 Å². The highest BCUT2D eigenvalue weighted by Gasteiger charge is 2.50. The molecule has 25 nitrogen and oxygen atoms in total. The molecular weight excluding hydrogens is 1300 g/mol. The Balaban J connectivity index is 0.000000142. The zero-order chi connectivity index (χ0) is 72.1. The normalized spacial score (nSPS) is 16.5. The van der Waals surface area contributed by atoms with E-state index in [1.165, 1.54) is 117 Å². The highest BCUT2D eigenvalue weighted by Crippen LogP contribution is 2.45. The highest BCUT2D eigenvalue weighted by molar-refractivity contribution is 6.39. The number of imide groups is 7. The van der Waals surface area contributed by atoms with E-state index in [9.17, 15) is 76.7 Å². The standard InChI is InChI=1S/C38H30N4O8.C19H17N3O4.C19H15NO5/c1-5-17(6-2)39-31(43)19-9-13-23-29-24(14-10-20(27(19)29)32(39)44)36(48)41(35(23)47)42-37(49)25-15-11-21-28-22(12-16-26(30(25)28)38(42)50)34(46)40(33(21)45)18(7-3)8-4;1-3-9(4-2)21-16(23)10-5-7-12-15-13(19(26)22(20)18(12)25)8-6-11(14(10)15)17(21)24;1-3-9(4-2)20-16(21)10-5-7-12-15-13(19(24)25-18(12)23)8-6-11(14(10)15)17(20)22/h9-18H,5-8H2,1-4H3;5-9H,3-4,20H2,1-2H3;5-9H,3-4H2,1-2H3. The van der Waals surface area contributed by atoms with E-state index in [1.54, 1.807) is 0 Å². The number of nitrogens with zero attached hydrogens (tertiary/aromatic N) is 7. The second kappa shape index (κ2) is 24.1. The molecule has 2 N–H and O–H groups in total. The topological polar surface area (TPSA) is 331 Å². The molecule has 8 aliphatic heterocycles. The summed E-state index contributed by atoms with van der Waals surface area (Å²) < 4.78 is 4.72. The molecule has 508 valence electrons. The SMILES string of the molecule is CCC(CC)N1C(=O)c2ccc3c4c(ccc(c24)C1=O)C(=O)N(N)C3=O.CCC(CC)N1C(=O)c2ccc3c4c(ccc(c24)C1=O)C(=O)N(N1C(=O)c2ccc4c5c(ccc(c25)C1=O)C(=O)N(C(CC)CC)C4=O)C3=O.CCC(CC)N1C(=O)c2ccc3c4c(ccc(c24)C1=O)C(=O)OC3=O. The maximum Gasteiger partial charge on any atom is 0.346 e. The van der Waals surface area contributed by atoms with Crippen LogP contribution in [-0.2, 0) is 4.74 Å². The number of ether oxygens (including phenoxy) is 1. The van der Waals surface area contributed by atoms with Crippen molar-refractivity contribution in [3.63, 3.8) is 0 Å². The Morgan fingerprint density at radius 2 is 0.366 bits per heavy atom. The minimum absolute atomic E-state index is 0.0638. The fourth-order valence-electron chi connectivity index (χ4n) is 15.7. The molecule has 8 aromatic carbocycles. The van der Waals surface area contributed by atoms with Gasteiger partial charge in [0.05, 0.1) is 44.5 Å². The molecule has 8 aromatic rings. The van der Waals surface area contributed by atoms with Crippen molar-refractivity contribution in [3.8, 4) is 0 Å². The fourth-order valence-corrected chi connectivity index (χ4v) is 15.7. The van der Waals surface area contributed by atoms with Crippen LogP contribution < -0.4 is 5.84 Å².